The van der Waals surface area contributed by atoms with Crippen molar-refractivity contribution in [3.05, 3.63) is 12.7 Å². The number of alkyl halides is 3. The Labute approximate surface area is 101 Å². The summed E-state index contributed by atoms with van der Waals surface area (Å²) in [6.07, 6.45) is 1.63. The number of hydrogen-bond acceptors (Lipinski definition) is 2. The molecule has 10 heavy (non-hydrogen) atoms. The molecule has 0 saturated carbocycles. The molecule has 1 N–H and O–H groups in total. The second kappa shape index (κ2) is 5.12. The molecule has 0 saturated heterocycles. The van der Waals surface area contributed by atoms with Crippen LogP contribution in [0.15, 0.2) is 12.7 Å². The fourth-order valence-corrected chi connectivity index (χ4v) is 0.691. The van der Waals surface area contributed by atoms with Crippen molar-refractivity contribution in [3.8, 4) is 0 Å². The highest BCUT2D eigenvalue weighted by Crippen LogP contribution is 2.36. The van der Waals surface area contributed by atoms with Gasteiger partial charge in [-0.2, -0.15) is 0 Å². The highest BCUT2D eigenvalue weighted by Gasteiger charge is 2.25. The lowest BCUT2D eigenvalue weighted by atomic mass is 10.7. The number of halogens is 3. The summed E-state index contributed by atoms with van der Waals surface area (Å²) in [4.78, 5) is 0. The molecule has 0 aliphatic carbocycles. The van der Waals surface area contributed by atoms with Crippen molar-refractivity contribution in [1.82, 2.24) is 0 Å². The van der Waals surface area contributed by atoms with Gasteiger partial charge in [0.15, 0.2) is -0.565 Å². The van der Waals surface area contributed by atoms with E-state index in [0.717, 1.165) is 0 Å². The van der Waals surface area contributed by atoms with Crippen molar-refractivity contribution in [2.75, 3.05) is 6.61 Å². The van der Waals surface area contributed by atoms with Crippen LogP contribution in [0.5, 0.6) is 0 Å². The Hall–Kier alpha value is 1.40. The summed E-state index contributed by atoms with van der Waals surface area (Å²) < 4.78 is 4.73. The van der Waals surface area contributed by atoms with Crippen LogP contribution in [0.1, 0.15) is 0 Å². The third-order valence-electron chi connectivity index (χ3n) is 0.603. The van der Waals surface area contributed by atoms with Crippen molar-refractivity contribution in [1.29, 1.82) is 5.41 Å². The lowest BCUT2D eigenvalue weighted by Crippen LogP contribution is -2.18. The molecule has 0 aromatic heterocycles. The topological polar surface area (TPSA) is 33.1 Å². The van der Waals surface area contributed by atoms with Crippen LogP contribution in [-0.2, 0) is 4.74 Å². The van der Waals surface area contributed by atoms with Crippen molar-refractivity contribution < 1.29 is 4.74 Å². The summed E-state index contributed by atoms with van der Waals surface area (Å²) in [6, 6.07) is 0. The maximum Gasteiger partial charge on any atom is 0.217 e. The van der Waals surface area contributed by atoms with E-state index >= 15 is 0 Å². The van der Waals surface area contributed by atoms with E-state index in [-0.39, 0.29) is 5.33 Å². The van der Waals surface area contributed by atoms with E-state index in [9.17, 15) is 0 Å². The molecule has 0 fully saturated rings. The van der Waals surface area contributed by atoms with Crippen LogP contribution < -0.4 is 0 Å². The third kappa shape index (κ3) is 5.10. The minimum absolute atomic E-state index is 0.268. The molecule has 0 rings (SSSR count). The van der Waals surface area contributed by atoms with Gasteiger partial charge in [-0.15, -0.1) is 0 Å². The Morgan fingerprint density at radius 3 is 2.40 bits per heavy atom. The van der Waals surface area contributed by atoms with E-state index in [1.54, 1.807) is 6.08 Å². The quantitative estimate of drug-likeness (QED) is 0.219. The van der Waals surface area contributed by atoms with Crippen LogP contribution in [0.2, 0.25) is 0 Å². The molecule has 0 atom stereocenters. The summed E-state index contributed by atoms with van der Waals surface area (Å²) in [7, 11) is 0. The predicted octanol–water partition coefficient (Wildman–Crippen LogP) is 3.13. The van der Waals surface area contributed by atoms with Gasteiger partial charge in [0.05, 0.1) is 0 Å². The molecule has 0 aliphatic rings. The largest absolute Gasteiger partial charge is 0.475 e. The molecule has 0 amide bonds. The molecular weight excluding hydrogens is 471 g/mol. The zero-order valence-electron chi connectivity index (χ0n) is 5.03. The standard InChI is InChI=1S/C5H6I3NO/c1-2-3-10-4(9)5(6,7)8/h2,9H,1,3H2. The summed E-state index contributed by atoms with van der Waals surface area (Å²) in [5.41, 5.74) is 0. The second-order valence-corrected chi connectivity index (χ2v) is 12.5. The molecule has 0 heterocycles. The van der Waals surface area contributed by atoms with E-state index in [2.05, 4.69) is 74.4 Å². The van der Waals surface area contributed by atoms with Gasteiger partial charge in [0.1, 0.15) is 6.61 Å². The molecule has 58 valence electrons. The lowest BCUT2D eigenvalue weighted by molar-refractivity contribution is 0.344. The SMILES string of the molecule is C=CCOC(=N)C(I)(I)I. The molecule has 5 heteroatoms. The minimum Gasteiger partial charge on any atom is -0.475 e. The van der Waals surface area contributed by atoms with E-state index in [1.807, 2.05) is 0 Å². The first-order chi connectivity index (χ1) is 4.48. The summed E-state index contributed by atoms with van der Waals surface area (Å²) >= 11 is 6.40. The fraction of sp³-hybridized carbons (Fsp3) is 0.400. The summed E-state index contributed by atoms with van der Waals surface area (Å²) in [5, 5.41) is 7.35. The minimum atomic E-state index is -0.268. The van der Waals surface area contributed by atoms with Gasteiger partial charge in [-0.25, -0.2) is 0 Å². The lowest BCUT2D eigenvalue weighted by Gasteiger charge is -2.13. The average molecular weight is 477 g/mol. The van der Waals surface area contributed by atoms with Gasteiger partial charge >= 0.3 is 0 Å². The van der Waals surface area contributed by atoms with Crippen LogP contribution in [0.25, 0.3) is 0 Å². The highest BCUT2D eigenvalue weighted by molar-refractivity contribution is 14.3. The Bertz CT molecular complexity index is 140. The van der Waals surface area contributed by atoms with Gasteiger partial charge in [-0.05, 0) is 67.8 Å². The van der Waals surface area contributed by atoms with E-state index in [1.165, 1.54) is 0 Å². The fourth-order valence-electron chi connectivity index (χ4n) is 0.224. The maximum atomic E-state index is 7.35. The zero-order valence-corrected chi connectivity index (χ0v) is 11.5. The third-order valence-corrected chi connectivity index (χ3v) is 2.07. The number of nitrogens with one attached hydrogen (secondary N) is 1. The van der Waals surface area contributed by atoms with E-state index in [0.29, 0.717) is 6.61 Å². The summed E-state index contributed by atoms with van der Waals surface area (Å²) in [6.45, 7) is 3.90. The molecule has 0 radical (unpaired) electrons. The Morgan fingerprint density at radius 2 is 2.10 bits per heavy atom. The van der Waals surface area contributed by atoms with Crippen LogP contribution >= 0.6 is 67.8 Å². The molecule has 2 nitrogen and oxygen atoms in total. The number of ether oxygens (including phenoxy) is 1. The first-order valence-electron chi connectivity index (χ1n) is 2.38. The molecule has 0 bridgehead atoms. The zero-order chi connectivity index (χ0) is 8.20. The molecule has 0 aromatic carbocycles. The van der Waals surface area contributed by atoms with Crippen molar-refractivity contribution in [2.24, 2.45) is 0 Å². The van der Waals surface area contributed by atoms with Crippen LogP contribution in [-0.4, -0.2) is 11.9 Å². The number of hydrogen-bond donors (Lipinski definition) is 1. The Kier molecular flexibility index (Phi) is 5.83. The summed E-state index contributed by atoms with van der Waals surface area (Å²) in [5.74, 6) is 0.272. The first-order valence-corrected chi connectivity index (χ1v) is 5.61. The normalized spacial score (nSPS) is 10.7. The predicted molar refractivity (Wildman–Crippen MR) is 68.7 cm³/mol. The second-order valence-electron chi connectivity index (χ2n) is 1.43. The van der Waals surface area contributed by atoms with Gasteiger partial charge in [-0.3, -0.25) is 5.41 Å². The molecule has 0 spiro atoms. The molecule has 0 unspecified atom stereocenters. The van der Waals surface area contributed by atoms with Crippen LogP contribution in [0.3, 0.4) is 0 Å². The van der Waals surface area contributed by atoms with E-state index in [4.69, 9.17) is 10.1 Å². The average Bonchev–Trinajstić information content (AvgIpc) is 1.80. The van der Waals surface area contributed by atoms with Gasteiger partial charge in [0, 0.05) is 0 Å². The van der Waals surface area contributed by atoms with Gasteiger partial charge in [0.25, 0.3) is 0 Å². The van der Waals surface area contributed by atoms with Gasteiger partial charge < -0.3 is 4.74 Å². The Morgan fingerprint density at radius 1 is 1.60 bits per heavy atom. The van der Waals surface area contributed by atoms with E-state index < -0.39 is 0 Å². The van der Waals surface area contributed by atoms with Crippen molar-refractivity contribution >= 4 is 73.7 Å². The van der Waals surface area contributed by atoms with Gasteiger partial charge in [-0.1, -0.05) is 12.7 Å². The molecule has 0 aromatic rings. The van der Waals surface area contributed by atoms with Crippen LogP contribution in [0.4, 0.5) is 0 Å². The maximum absolute atomic E-state index is 7.35. The number of rotatable bonds is 3. The first kappa shape index (κ1) is 11.4. The van der Waals surface area contributed by atoms with Crippen molar-refractivity contribution in [3.63, 3.8) is 0 Å². The smallest absolute Gasteiger partial charge is 0.217 e. The molecule has 0 aliphatic heterocycles. The molecular formula is C5H6I3NO. The van der Waals surface area contributed by atoms with Crippen molar-refractivity contribution in [2.45, 2.75) is -0.565 Å². The van der Waals surface area contributed by atoms with Gasteiger partial charge in [0.2, 0.25) is 5.90 Å². The van der Waals surface area contributed by atoms with Crippen LogP contribution in [0, 0.1) is 5.41 Å². The monoisotopic (exact) mass is 477 g/mol. The highest BCUT2D eigenvalue weighted by atomic mass is 127. The Balaban J connectivity index is 3.74.